The van der Waals surface area contributed by atoms with Crippen LogP contribution < -0.4 is 14.4 Å². The number of hydrogen-bond donors (Lipinski definition) is 0. The fourth-order valence-corrected chi connectivity index (χ4v) is 7.20. The van der Waals surface area contributed by atoms with E-state index in [1.165, 1.54) is 5.56 Å². The van der Waals surface area contributed by atoms with E-state index < -0.39 is 16.1 Å². The van der Waals surface area contributed by atoms with Crippen molar-refractivity contribution >= 4 is 21.6 Å². The number of ether oxygens (including phenoxy) is 2. The highest BCUT2D eigenvalue weighted by atomic mass is 32.2. The molecule has 0 aliphatic carbocycles. The standard InChI is InChI=1S/C32H39N3O5S/c1-25(40-28-11-7-4-8-12-28)32(36)34-21-19-33(20-22-34)30-24-29(13-14-31(30)39-2)41(37,38)35-17-15-27(16-18-35)23-26-9-5-3-6-10-26/h3-14,24-25,27H,15-23H2,1-2H3/t25-/m1/s1. The molecule has 0 saturated carbocycles. The molecule has 41 heavy (non-hydrogen) atoms. The van der Waals surface area contributed by atoms with Crippen LogP contribution in [0.25, 0.3) is 0 Å². The number of hydrogen-bond acceptors (Lipinski definition) is 6. The molecule has 0 radical (unpaired) electrons. The summed E-state index contributed by atoms with van der Waals surface area (Å²) < 4.78 is 40.4. The molecule has 9 heteroatoms. The zero-order chi connectivity index (χ0) is 28.8. The summed E-state index contributed by atoms with van der Waals surface area (Å²) in [5, 5.41) is 0. The molecule has 2 aliphatic rings. The number of piperidine rings is 1. The molecule has 0 aromatic heterocycles. The third-order valence-corrected chi connectivity index (χ3v) is 9.96. The third-order valence-electron chi connectivity index (χ3n) is 8.06. The van der Waals surface area contributed by atoms with E-state index in [0.29, 0.717) is 56.7 Å². The molecule has 0 bridgehead atoms. The van der Waals surface area contributed by atoms with Crippen LogP contribution in [0.3, 0.4) is 0 Å². The second-order valence-electron chi connectivity index (χ2n) is 10.8. The first-order valence-corrected chi connectivity index (χ1v) is 15.8. The summed E-state index contributed by atoms with van der Waals surface area (Å²) in [6.45, 7) is 4.95. The fraction of sp³-hybridized carbons (Fsp3) is 0.406. The summed E-state index contributed by atoms with van der Waals surface area (Å²) in [4.78, 5) is 17.2. The Balaban J connectivity index is 1.21. The highest BCUT2D eigenvalue weighted by molar-refractivity contribution is 7.89. The van der Waals surface area contributed by atoms with Crippen molar-refractivity contribution in [3.63, 3.8) is 0 Å². The van der Waals surface area contributed by atoms with Crippen molar-refractivity contribution in [1.82, 2.24) is 9.21 Å². The van der Waals surface area contributed by atoms with E-state index in [1.54, 1.807) is 41.4 Å². The minimum atomic E-state index is -3.64. The number of piperazine rings is 1. The Kier molecular flexibility index (Phi) is 9.15. The predicted octanol–water partition coefficient (Wildman–Crippen LogP) is 4.45. The number of rotatable bonds is 9. The number of nitrogens with zero attached hydrogens (tertiary/aromatic N) is 3. The van der Waals surface area contributed by atoms with Gasteiger partial charge in [0.05, 0.1) is 17.7 Å². The van der Waals surface area contributed by atoms with Gasteiger partial charge in [-0.1, -0.05) is 48.5 Å². The molecule has 2 heterocycles. The van der Waals surface area contributed by atoms with Gasteiger partial charge in [0.2, 0.25) is 10.0 Å². The monoisotopic (exact) mass is 577 g/mol. The van der Waals surface area contributed by atoms with E-state index in [-0.39, 0.29) is 10.8 Å². The van der Waals surface area contributed by atoms with Crippen molar-refractivity contribution in [3.8, 4) is 11.5 Å². The maximum absolute atomic E-state index is 13.7. The minimum absolute atomic E-state index is 0.0625. The number of anilines is 1. The van der Waals surface area contributed by atoms with Crippen LogP contribution in [0.4, 0.5) is 5.69 Å². The first-order chi connectivity index (χ1) is 19.8. The van der Waals surface area contributed by atoms with Gasteiger partial charge in [0.1, 0.15) is 11.5 Å². The van der Waals surface area contributed by atoms with Crippen molar-refractivity contribution in [2.75, 3.05) is 51.3 Å². The SMILES string of the molecule is COc1ccc(S(=O)(=O)N2CCC(Cc3ccccc3)CC2)cc1N1CCN(C(=O)[C@@H](C)Oc2ccccc2)CC1. The fourth-order valence-electron chi connectivity index (χ4n) is 5.71. The number of para-hydroxylation sites is 1. The Morgan fingerprint density at radius 2 is 1.51 bits per heavy atom. The Hall–Kier alpha value is -3.56. The molecule has 0 spiro atoms. The van der Waals surface area contributed by atoms with Crippen molar-refractivity contribution < 1.29 is 22.7 Å². The van der Waals surface area contributed by atoms with Crippen molar-refractivity contribution in [2.45, 2.75) is 37.2 Å². The first kappa shape index (κ1) is 29.0. The first-order valence-electron chi connectivity index (χ1n) is 14.3. The average Bonchev–Trinajstić information content (AvgIpc) is 3.01. The molecule has 2 fully saturated rings. The van der Waals surface area contributed by atoms with Crippen molar-refractivity contribution in [1.29, 1.82) is 0 Å². The van der Waals surface area contributed by atoms with Gasteiger partial charge in [-0.25, -0.2) is 8.42 Å². The smallest absolute Gasteiger partial charge is 0.263 e. The van der Waals surface area contributed by atoms with Gasteiger partial charge in [-0.05, 0) is 68.0 Å². The summed E-state index contributed by atoms with van der Waals surface area (Å²) in [7, 11) is -2.05. The van der Waals surface area contributed by atoms with Gasteiger partial charge in [0.25, 0.3) is 5.91 Å². The molecule has 1 amide bonds. The molecule has 2 aliphatic heterocycles. The van der Waals surface area contributed by atoms with Gasteiger partial charge in [0, 0.05) is 39.3 Å². The van der Waals surface area contributed by atoms with Gasteiger partial charge >= 0.3 is 0 Å². The summed E-state index contributed by atoms with van der Waals surface area (Å²) in [6.07, 6.45) is 2.08. The normalized spacial score (nSPS) is 17.7. The van der Waals surface area contributed by atoms with Gasteiger partial charge in [0.15, 0.2) is 6.10 Å². The van der Waals surface area contributed by atoms with Crippen LogP contribution in [0.2, 0.25) is 0 Å². The Bertz CT molecular complexity index is 1400. The van der Waals surface area contributed by atoms with Crippen molar-refractivity contribution in [3.05, 3.63) is 84.4 Å². The van der Waals surface area contributed by atoms with Crippen LogP contribution in [0, 0.1) is 5.92 Å². The van der Waals surface area contributed by atoms with Crippen LogP contribution in [-0.2, 0) is 21.2 Å². The lowest BCUT2D eigenvalue weighted by atomic mass is 9.91. The average molecular weight is 578 g/mol. The zero-order valence-electron chi connectivity index (χ0n) is 23.8. The molecule has 2 saturated heterocycles. The summed E-state index contributed by atoms with van der Waals surface area (Å²) >= 11 is 0. The highest BCUT2D eigenvalue weighted by Gasteiger charge is 2.32. The maximum atomic E-state index is 13.7. The Morgan fingerprint density at radius 1 is 0.878 bits per heavy atom. The predicted molar refractivity (Wildman–Crippen MR) is 160 cm³/mol. The molecule has 1 atom stereocenters. The summed E-state index contributed by atoms with van der Waals surface area (Å²) in [6, 6.07) is 24.8. The van der Waals surface area contributed by atoms with Crippen LogP contribution in [0.5, 0.6) is 11.5 Å². The molecular weight excluding hydrogens is 538 g/mol. The van der Waals surface area contributed by atoms with Gasteiger partial charge < -0.3 is 19.3 Å². The topological polar surface area (TPSA) is 79.4 Å². The van der Waals surface area contributed by atoms with Crippen LogP contribution in [0.1, 0.15) is 25.3 Å². The zero-order valence-corrected chi connectivity index (χ0v) is 24.6. The lowest BCUT2D eigenvalue weighted by Crippen LogP contribution is -2.52. The van der Waals surface area contributed by atoms with E-state index in [1.807, 2.05) is 36.4 Å². The molecule has 0 N–H and O–H groups in total. The second kappa shape index (κ2) is 13.0. The second-order valence-corrected chi connectivity index (χ2v) is 12.7. The number of benzene rings is 3. The lowest BCUT2D eigenvalue weighted by molar-refractivity contribution is -0.138. The van der Waals surface area contributed by atoms with E-state index >= 15 is 0 Å². The number of amides is 1. The number of methoxy groups -OCH3 is 1. The summed E-state index contributed by atoms with van der Waals surface area (Å²) in [5.74, 6) is 1.70. The Labute approximate surface area is 243 Å². The maximum Gasteiger partial charge on any atom is 0.263 e. The molecular formula is C32H39N3O5S. The number of carbonyl (C=O) groups excluding carboxylic acids is 1. The van der Waals surface area contributed by atoms with Gasteiger partial charge in [-0.2, -0.15) is 4.31 Å². The number of sulfonamides is 1. The van der Waals surface area contributed by atoms with E-state index in [9.17, 15) is 13.2 Å². The molecule has 0 unspecified atom stereocenters. The minimum Gasteiger partial charge on any atom is -0.495 e. The van der Waals surface area contributed by atoms with E-state index in [4.69, 9.17) is 9.47 Å². The molecule has 8 nitrogen and oxygen atoms in total. The van der Waals surface area contributed by atoms with Crippen molar-refractivity contribution in [2.24, 2.45) is 5.92 Å². The molecule has 3 aromatic carbocycles. The lowest BCUT2D eigenvalue weighted by Gasteiger charge is -2.37. The van der Waals surface area contributed by atoms with Crippen LogP contribution in [0.15, 0.2) is 83.8 Å². The third kappa shape index (κ3) is 6.85. The highest BCUT2D eigenvalue weighted by Crippen LogP contribution is 2.34. The molecule has 218 valence electrons. The molecule has 3 aromatic rings. The van der Waals surface area contributed by atoms with Gasteiger partial charge in [-0.15, -0.1) is 0 Å². The van der Waals surface area contributed by atoms with Gasteiger partial charge in [-0.3, -0.25) is 4.79 Å². The summed E-state index contributed by atoms with van der Waals surface area (Å²) in [5.41, 5.74) is 2.03. The largest absolute Gasteiger partial charge is 0.495 e. The van der Waals surface area contributed by atoms with E-state index in [0.717, 1.165) is 24.9 Å². The van der Waals surface area contributed by atoms with E-state index in [2.05, 4.69) is 29.2 Å². The van der Waals surface area contributed by atoms with Crippen LogP contribution >= 0.6 is 0 Å². The Morgan fingerprint density at radius 3 is 2.15 bits per heavy atom. The molecule has 5 rings (SSSR count). The number of carbonyl (C=O) groups is 1. The quantitative estimate of drug-likeness (QED) is 0.374. The van der Waals surface area contributed by atoms with Crippen LogP contribution in [-0.4, -0.2) is 76.0 Å².